The van der Waals surface area contributed by atoms with E-state index >= 15 is 0 Å². The molecule has 0 spiro atoms. The normalized spacial score (nSPS) is 18.2. The summed E-state index contributed by atoms with van der Waals surface area (Å²) in [5.41, 5.74) is 7.41. The van der Waals surface area contributed by atoms with Gasteiger partial charge in [0, 0.05) is 12.5 Å². The molecule has 2 N–H and O–H groups in total. The zero-order valence-corrected chi connectivity index (χ0v) is 15.4. The van der Waals surface area contributed by atoms with E-state index in [1.165, 1.54) is 0 Å². The minimum absolute atomic E-state index is 0. The van der Waals surface area contributed by atoms with E-state index in [9.17, 15) is 14.7 Å². The second-order valence-electron chi connectivity index (χ2n) is 6.58. The monoisotopic (exact) mass is 388 g/mol. The van der Waals surface area contributed by atoms with Crippen LogP contribution in [0.5, 0.6) is 0 Å². The molecular weight excluding hydrogens is 368 g/mol. The number of nitrogens with zero attached hydrogens (tertiary/aromatic N) is 1. The number of carboxylic acid groups (broad SMARTS) is 1. The van der Waals surface area contributed by atoms with Crippen molar-refractivity contribution in [2.75, 3.05) is 13.2 Å². The fraction of sp³-hybridized carbons (Fsp3) is 0.300. The highest BCUT2D eigenvalue weighted by molar-refractivity contribution is 5.85. The number of fused-ring (bicyclic) bond motifs is 3. The van der Waals surface area contributed by atoms with Gasteiger partial charge < -0.3 is 9.84 Å². The van der Waals surface area contributed by atoms with Crippen molar-refractivity contribution in [1.82, 2.24) is 10.4 Å². The average Bonchev–Trinajstić information content (AvgIpc) is 3.00. The van der Waals surface area contributed by atoms with Crippen LogP contribution in [-0.4, -0.2) is 41.4 Å². The highest BCUT2D eigenvalue weighted by Gasteiger charge is 2.35. The van der Waals surface area contributed by atoms with E-state index in [2.05, 4.69) is 17.6 Å². The molecule has 0 radical (unpaired) electrons. The number of benzene rings is 2. The first-order valence-electron chi connectivity index (χ1n) is 8.77. The molecule has 1 saturated heterocycles. The van der Waals surface area contributed by atoms with Crippen molar-refractivity contribution in [3.63, 3.8) is 0 Å². The molecular formula is C20H21ClN2O4. The third-order valence-electron chi connectivity index (χ3n) is 5.07. The molecule has 0 bridgehead atoms. The zero-order chi connectivity index (χ0) is 18.1. The molecule has 1 unspecified atom stereocenters. The van der Waals surface area contributed by atoms with E-state index in [0.29, 0.717) is 19.4 Å². The first-order chi connectivity index (χ1) is 12.7. The number of carbonyl (C=O) groups is 2. The molecule has 6 nitrogen and oxygen atoms in total. The molecule has 1 aliphatic carbocycles. The van der Waals surface area contributed by atoms with Gasteiger partial charge >= 0.3 is 12.1 Å². The summed E-state index contributed by atoms with van der Waals surface area (Å²) in [5, 5.41) is 10.4. The van der Waals surface area contributed by atoms with E-state index in [-0.39, 0.29) is 24.9 Å². The van der Waals surface area contributed by atoms with Crippen molar-refractivity contribution in [2.45, 2.75) is 24.8 Å². The lowest BCUT2D eigenvalue weighted by atomic mass is 9.98. The maximum atomic E-state index is 12.5. The number of hydrogen-bond donors (Lipinski definition) is 2. The van der Waals surface area contributed by atoms with E-state index in [4.69, 9.17) is 4.74 Å². The number of hydrogen-bond acceptors (Lipinski definition) is 4. The lowest BCUT2D eigenvalue weighted by molar-refractivity contribution is -0.145. The first-order valence-corrected chi connectivity index (χ1v) is 8.77. The Hall–Kier alpha value is -2.57. The van der Waals surface area contributed by atoms with Crippen LogP contribution in [0, 0.1) is 0 Å². The summed E-state index contributed by atoms with van der Waals surface area (Å²) in [5.74, 6) is -1.06. The number of nitrogens with one attached hydrogen (secondary N) is 1. The quantitative estimate of drug-likeness (QED) is 0.842. The van der Waals surface area contributed by atoms with E-state index in [1.807, 2.05) is 36.4 Å². The summed E-state index contributed by atoms with van der Waals surface area (Å²) in [6, 6.07) is 15.3. The summed E-state index contributed by atoms with van der Waals surface area (Å²) >= 11 is 0. The van der Waals surface area contributed by atoms with E-state index < -0.39 is 18.1 Å². The van der Waals surface area contributed by atoms with Crippen LogP contribution in [0.4, 0.5) is 4.79 Å². The van der Waals surface area contributed by atoms with Crippen LogP contribution in [0.25, 0.3) is 11.1 Å². The maximum absolute atomic E-state index is 12.5. The van der Waals surface area contributed by atoms with Gasteiger partial charge in [0.05, 0.1) is 0 Å². The molecule has 2 aromatic rings. The Kier molecular flexibility index (Phi) is 5.68. The molecule has 1 amide bonds. The number of amides is 1. The molecule has 0 saturated carbocycles. The van der Waals surface area contributed by atoms with Crippen molar-refractivity contribution in [3.05, 3.63) is 59.7 Å². The van der Waals surface area contributed by atoms with Crippen LogP contribution >= 0.6 is 12.4 Å². The fourth-order valence-electron chi connectivity index (χ4n) is 3.82. The Labute approximate surface area is 163 Å². The second-order valence-corrected chi connectivity index (χ2v) is 6.58. The van der Waals surface area contributed by atoms with Crippen molar-refractivity contribution in [3.8, 4) is 11.1 Å². The Morgan fingerprint density at radius 1 is 1.07 bits per heavy atom. The average molecular weight is 389 g/mol. The summed E-state index contributed by atoms with van der Waals surface area (Å²) in [7, 11) is 0. The zero-order valence-electron chi connectivity index (χ0n) is 14.6. The van der Waals surface area contributed by atoms with Gasteiger partial charge in [0.25, 0.3) is 0 Å². The molecule has 4 rings (SSSR count). The SMILES string of the molecule is Cl.O=C(O)C1CCCNN1C(=O)OCC1c2ccccc2-c2ccccc21. The Morgan fingerprint density at radius 2 is 1.67 bits per heavy atom. The van der Waals surface area contributed by atoms with Crippen LogP contribution < -0.4 is 5.43 Å². The van der Waals surface area contributed by atoms with Gasteiger partial charge in [-0.1, -0.05) is 48.5 Å². The predicted octanol–water partition coefficient (Wildman–Crippen LogP) is 3.41. The number of halogens is 1. The number of carboxylic acids is 1. The van der Waals surface area contributed by atoms with Crippen molar-refractivity contribution < 1.29 is 19.4 Å². The van der Waals surface area contributed by atoms with Crippen LogP contribution in [0.1, 0.15) is 29.9 Å². The lowest BCUT2D eigenvalue weighted by Gasteiger charge is -2.32. The smallest absolute Gasteiger partial charge is 0.425 e. The number of rotatable bonds is 3. The molecule has 142 valence electrons. The number of ether oxygens (including phenoxy) is 1. The summed E-state index contributed by atoms with van der Waals surface area (Å²) < 4.78 is 5.52. The van der Waals surface area contributed by atoms with Gasteiger partial charge in [-0.25, -0.2) is 20.0 Å². The van der Waals surface area contributed by atoms with Gasteiger partial charge in [0.2, 0.25) is 0 Å². The van der Waals surface area contributed by atoms with E-state index in [1.54, 1.807) is 0 Å². The van der Waals surface area contributed by atoms with Crippen LogP contribution in [0.2, 0.25) is 0 Å². The highest BCUT2D eigenvalue weighted by Crippen LogP contribution is 2.44. The Morgan fingerprint density at radius 3 is 2.26 bits per heavy atom. The summed E-state index contributed by atoms with van der Waals surface area (Å²) in [6.07, 6.45) is 0.496. The highest BCUT2D eigenvalue weighted by atomic mass is 35.5. The summed E-state index contributed by atoms with van der Waals surface area (Å²) in [4.78, 5) is 23.8. The predicted molar refractivity (Wildman–Crippen MR) is 103 cm³/mol. The van der Waals surface area contributed by atoms with Crippen LogP contribution in [0.15, 0.2) is 48.5 Å². The molecule has 27 heavy (non-hydrogen) atoms. The number of aliphatic carboxylic acids is 1. The van der Waals surface area contributed by atoms with Gasteiger partial charge in [-0.3, -0.25) is 0 Å². The number of hydrazine groups is 1. The molecule has 2 aliphatic rings. The third-order valence-corrected chi connectivity index (χ3v) is 5.07. The standard InChI is InChI=1S/C20H20N2O4.ClH/c23-19(24)18-10-5-11-21-22(18)20(25)26-12-17-15-8-3-1-6-13(15)14-7-2-4-9-16(14)17;/h1-4,6-9,17-18,21H,5,10-12H2,(H,23,24);1H. The number of carbonyl (C=O) groups excluding carboxylic acids is 1. The third kappa shape index (κ3) is 3.50. The minimum atomic E-state index is -1.02. The fourth-order valence-corrected chi connectivity index (χ4v) is 3.82. The van der Waals surface area contributed by atoms with Crippen molar-refractivity contribution in [2.24, 2.45) is 0 Å². The molecule has 1 atom stereocenters. The second kappa shape index (κ2) is 7.98. The largest absolute Gasteiger partial charge is 0.480 e. The first kappa shape index (κ1) is 19.2. The molecule has 1 aliphatic heterocycles. The van der Waals surface area contributed by atoms with Crippen molar-refractivity contribution in [1.29, 1.82) is 0 Å². The Bertz CT molecular complexity index is 812. The molecule has 2 aromatic carbocycles. The maximum Gasteiger partial charge on any atom is 0.425 e. The Balaban J connectivity index is 0.00000210. The van der Waals surface area contributed by atoms with Gasteiger partial charge in [-0.05, 0) is 35.1 Å². The molecule has 7 heteroatoms. The van der Waals surface area contributed by atoms with Gasteiger partial charge in [0.15, 0.2) is 0 Å². The topological polar surface area (TPSA) is 78.9 Å². The summed E-state index contributed by atoms with van der Waals surface area (Å²) in [6.45, 7) is 0.741. The minimum Gasteiger partial charge on any atom is -0.480 e. The molecule has 1 fully saturated rings. The van der Waals surface area contributed by atoms with Crippen LogP contribution in [-0.2, 0) is 9.53 Å². The van der Waals surface area contributed by atoms with Crippen LogP contribution in [0.3, 0.4) is 0 Å². The molecule has 0 aromatic heterocycles. The lowest BCUT2D eigenvalue weighted by Crippen LogP contribution is -2.56. The van der Waals surface area contributed by atoms with Crippen molar-refractivity contribution >= 4 is 24.5 Å². The molecule has 1 heterocycles. The van der Waals surface area contributed by atoms with Gasteiger partial charge in [-0.15, -0.1) is 12.4 Å². The van der Waals surface area contributed by atoms with Gasteiger partial charge in [-0.2, -0.15) is 0 Å². The van der Waals surface area contributed by atoms with E-state index in [0.717, 1.165) is 27.3 Å². The van der Waals surface area contributed by atoms with Gasteiger partial charge in [0.1, 0.15) is 12.6 Å².